The zero-order valence-electron chi connectivity index (χ0n) is 10.9. The maximum Gasteiger partial charge on any atom is 0.227 e. The highest BCUT2D eigenvalue weighted by molar-refractivity contribution is 5.79. The van der Waals surface area contributed by atoms with Crippen LogP contribution in [-0.2, 0) is 11.2 Å². The van der Waals surface area contributed by atoms with Crippen molar-refractivity contribution < 1.29 is 4.79 Å². The lowest BCUT2D eigenvalue weighted by atomic mass is 9.96. The summed E-state index contributed by atoms with van der Waals surface area (Å²) < 4.78 is 0. The molecule has 0 radical (unpaired) electrons. The zero-order chi connectivity index (χ0) is 13.0. The van der Waals surface area contributed by atoms with E-state index in [9.17, 15) is 4.79 Å². The molecule has 1 saturated heterocycles. The molecule has 1 aromatic rings. The fourth-order valence-electron chi connectivity index (χ4n) is 2.59. The van der Waals surface area contributed by atoms with Gasteiger partial charge in [0.2, 0.25) is 5.91 Å². The number of rotatable bonds is 3. The summed E-state index contributed by atoms with van der Waals surface area (Å²) in [5, 5.41) is 0. The van der Waals surface area contributed by atoms with E-state index >= 15 is 0 Å². The predicted molar refractivity (Wildman–Crippen MR) is 70.9 cm³/mol. The molecule has 2 rings (SSSR count). The lowest BCUT2D eigenvalue weighted by Crippen LogP contribution is -2.52. The van der Waals surface area contributed by atoms with Gasteiger partial charge < -0.3 is 10.6 Å². The second-order valence-electron chi connectivity index (χ2n) is 5.04. The number of amides is 1. The number of likely N-dealkylation sites (tertiary alicyclic amines) is 1. The van der Waals surface area contributed by atoms with Crippen molar-refractivity contribution in [1.29, 1.82) is 0 Å². The Morgan fingerprint density at radius 3 is 2.89 bits per heavy atom. The van der Waals surface area contributed by atoms with Crippen LogP contribution in [0.1, 0.15) is 31.7 Å². The minimum atomic E-state index is 0.0479. The van der Waals surface area contributed by atoms with Gasteiger partial charge in [-0.25, -0.2) is 0 Å². The molecule has 1 aromatic heterocycles. The van der Waals surface area contributed by atoms with E-state index in [1.54, 1.807) is 12.4 Å². The molecule has 2 unspecified atom stereocenters. The number of aromatic nitrogens is 1. The summed E-state index contributed by atoms with van der Waals surface area (Å²) in [7, 11) is 0. The van der Waals surface area contributed by atoms with Crippen LogP contribution in [0, 0.1) is 0 Å². The van der Waals surface area contributed by atoms with Crippen molar-refractivity contribution in [2.75, 3.05) is 6.54 Å². The molecule has 0 saturated carbocycles. The van der Waals surface area contributed by atoms with Crippen LogP contribution in [0.15, 0.2) is 24.5 Å². The van der Waals surface area contributed by atoms with Gasteiger partial charge in [0.15, 0.2) is 0 Å². The van der Waals surface area contributed by atoms with Crippen molar-refractivity contribution in [2.45, 2.75) is 44.7 Å². The number of nitrogens with zero attached hydrogens (tertiary/aromatic N) is 2. The maximum absolute atomic E-state index is 12.3. The number of hydrogen-bond acceptors (Lipinski definition) is 3. The van der Waals surface area contributed by atoms with E-state index in [0.29, 0.717) is 6.42 Å². The van der Waals surface area contributed by atoms with Crippen LogP contribution < -0.4 is 5.73 Å². The third-order valence-electron chi connectivity index (χ3n) is 3.58. The molecule has 18 heavy (non-hydrogen) atoms. The molecule has 98 valence electrons. The molecule has 2 heterocycles. The van der Waals surface area contributed by atoms with Gasteiger partial charge in [0, 0.05) is 31.0 Å². The molecule has 1 aliphatic heterocycles. The normalized spacial score (nSPS) is 21.7. The number of carbonyl (C=O) groups excluding carboxylic acids is 1. The zero-order valence-corrected chi connectivity index (χ0v) is 10.9. The van der Waals surface area contributed by atoms with Gasteiger partial charge in [0.25, 0.3) is 0 Å². The molecule has 1 aliphatic rings. The van der Waals surface area contributed by atoms with Crippen LogP contribution in [0.4, 0.5) is 0 Å². The van der Waals surface area contributed by atoms with Crippen molar-refractivity contribution in [3.8, 4) is 0 Å². The predicted octanol–water partition coefficient (Wildman–Crippen LogP) is 1.35. The summed E-state index contributed by atoms with van der Waals surface area (Å²) in [5.41, 5.74) is 7.00. The quantitative estimate of drug-likeness (QED) is 0.877. The Morgan fingerprint density at radius 1 is 1.50 bits per heavy atom. The minimum Gasteiger partial charge on any atom is -0.338 e. The van der Waals surface area contributed by atoms with Gasteiger partial charge in [-0.1, -0.05) is 0 Å². The van der Waals surface area contributed by atoms with Crippen molar-refractivity contribution in [2.24, 2.45) is 5.73 Å². The summed E-state index contributed by atoms with van der Waals surface area (Å²) in [6.45, 7) is 2.83. The molecular weight excluding hydrogens is 226 g/mol. The largest absolute Gasteiger partial charge is 0.338 e. The third kappa shape index (κ3) is 3.07. The summed E-state index contributed by atoms with van der Waals surface area (Å²) in [6.07, 6.45) is 7.19. The molecular formula is C14H21N3O. The first-order chi connectivity index (χ1) is 8.68. The van der Waals surface area contributed by atoms with E-state index in [0.717, 1.165) is 24.9 Å². The molecule has 4 nitrogen and oxygen atoms in total. The standard InChI is InChI=1S/C14H21N3O/c1-11(15)13-4-2-3-9-17(13)14(18)10-12-5-7-16-8-6-12/h5-8,11,13H,2-4,9-10,15H2,1H3. The van der Waals surface area contributed by atoms with Crippen LogP contribution in [0.2, 0.25) is 0 Å². The molecule has 0 aliphatic carbocycles. The Balaban J connectivity index is 2.02. The molecule has 2 N–H and O–H groups in total. The Bertz CT molecular complexity index is 391. The van der Waals surface area contributed by atoms with E-state index in [4.69, 9.17) is 5.73 Å². The van der Waals surface area contributed by atoms with Gasteiger partial charge >= 0.3 is 0 Å². The van der Waals surface area contributed by atoms with Gasteiger partial charge in [-0.15, -0.1) is 0 Å². The highest BCUT2D eigenvalue weighted by Crippen LogP contribution is 2.20. The van der Waals surface area contributed by atoms with E-state index in [-0.39, 0.29) is 18.0 Å². The van der Waals surface area contributed by atoms with Gasteiger partial charge in [-0.3, -0.25) is 9.78 Å². The molecule has 2 atom stereocenters. The van der Waals surface area contributed by atoms with Gasteiger partial charge in [0.1, 0.15) is 0 Å². The Hall–Kier alpha value is -1.42. The lowest BCUT2D eigenvalue weighted by Gasteiger charge is -2.38. The van der Waals surface area contributed by atoms with Crippen LogP contribution in [0.5, 0.6) is 0 Å². The first kappa shape index (κ1) is 13.0. The molecule has 0 aromatic carbocycles. The average molecular weight is 247 g/mol. The van der Waals surface area contributed by atoms with Crippen LogP contribution in [0.3, 0.4) is 0 Å². The SMILES string of the molecule is CC(N)C1CCCCN1C(=O)Cc1ccncc1. The fraction of sp³-hybridized carbons (Fsp3) is 0.571. The highest BCUT2D eigenvalue weighted by atomic mass is 16.2. The number of carbonyl (C=O) groups is 1. The number of pyridine rings is 1. The summed E-state index contributed by atoms with van der Waals surface area (Å²) in [6, 6.07) is 4.03. The summed E-state index contributed by atoms with van der Waals surface area (Å²) in [4.78, 5) is 18.3. The molecule has 4 heteroatoms. The topological polar surface area (TPSA) is 59.2 Å². The van der Waals surface area contributed by atoms with Crippen molar-refractivity contribution >= 4 is 5.91 Å². The minimum absolute atomic E-state index is 0.0479. The molecule has 0 bridgehead atoms. The fourth-order valence-corrected chi connectivity index (χ4v) is 2.59. The van der Waals surface area contributed by atoms with Crippen molar-refractivity contribution in [3.05, 3.63) is 30.1 Å². The molecule has 1 fully saturated rings. The Labute approximate surface area is 108 Å². The van der Waals surface area contributed by atoms with E-state index < -0.39 is 0 Å². The second-order valence-corrected chi connectivity index (χ2v) is 5.04. The lowest BCUT2D eigenvalue weighted by molar-refractivity contribution is -0.134. The monoisotopic (exact) mass is 247 g/mol. The van der Waals surface area contributed by atoms with Crippen molar-refractivity contribution in [3.63, 3.8) is 0 Å². The van der Waals surface area contributed by atoms with Crippen LogP contribution in [0.25, 0.3) is 0 Å². The van der Waals surface area contributed by atoms with E-state index in [1.165, 1.54) is 6.42 Å². The Morgan fingerprint density at radius 2 is 2.22 bits per heavy atom. The van der Waals surface area contributed by atoms with Crippen molar-refractivity contribution in [1.82, 2.24) is 9.88 Å². The summed E-state index contributed by atoms with van der Waals surface area (Å²) in [5.74, 6) is 0.184. The van der Waals surface area contributed by atoms with Crippen LogP contribution >= 0.6 is 0 Å². The number of nitrogens with two attached hydrogens (primary N) is 1. The number of hydrogen-bond donors (Lipinski definition) is 1. The average Bonchev–Trinajstić information content (AvgIpc) is 2.40. The smallest absolute Gasteiger partial charge is 0.227 e. The van der Waals surface area contributed by atoms with Gasteiger partial charge in [-0.2, -0.15) is 0 Å². The van der Waals surface area contributed by atoms with E-state index in [2.05, 4.69) is 4.98 Å². The molecule has 1 amide bonds. The first-order valence-corrected chi connectivity index (χ1v) is 6.62. The Kier molecular flexibility index (Phi) is 4.31. The van der Waals surface area contributed by atoms with Crippen LogP contribution in [-0.4, -0.2) is 34.4 Å². The van der Waals surface area contributed by atoms with Gasteiger partial charge in [-0.05, 0) is 43.9 Å². The highest BCUT2D eigenvalue weighted by Gasteiger charge is 2.28. The van der Waals surface area contributed by atoms with E-state index in [1.807, 2.05) is 24.0 Å². The summed E-state index contributed by atoms with van der Waals surface area (Å²) >= 11 is 0. The first-order valence-electron chi connectivity index (χ1n) is 6.62. The number of piperidine rings is 1. The maximum atomic E-state index is 12.3. The third-order valence-corrected chi connectivity index (χ3v) is 3.58. The van der Waals surface area contributed by atoms with Gasteiger partial charge in [0.05, 0.1) is 6.42 Å². The molecule has 0 spiro atoms. The second kappa shape index (κ2) is 5.96.